The maximum absolute atomic E-state index is 12.2. The quantitative estimate of drug-likeness (QED) is 0.292. The lowest BCUT2D eigenvalue weighted by Gasteiger charge is -2.25. The van der Waals surface area contributed by atoms with Gasteiger partial charge in [-0.3, -0.25) is 8.98 Å². The maximum atomic E-state index is 12.2. The van der Waals surface area contributed by atoms with Gasteiger partial charge in [0, 0.05) is 0 Å². The molecule has 1 aliphatic rings. The van der Waals surface area contributed by atoms with Gasteiger partial charge in [0.1, 0.15) is 31.5 Å². The van der Waals surface area contributed by atoms with E-state index < -0.39 is 58.2 Å². The molecule has 3 rings (SSSR count). The average molecular weight is 625 g/mol. The average Bonchev–Trinajstić information content (AvgIpc) is 3.25. The number of ether oxygens (including phenoxy) is 4. The summed E-state index contributed by atoms with van der Waals surface area (Å²) in [5, 5.41) is 9.44. The van der Waals surface area contributed by atoms with Crippen LogP contribution in [0.1, 0.15) is 45.7 Å². The first-order valence-corrected chi connectivity index (χ1v) is 14.7. The highest BCUT2D eigenvalue weighted by Crippen LogP contribution is 2.23. The Morgan fingerprint density at radius 2 is 1.47 bits per heavy atom. The normalized spacial score (nSPS) is 16.8. The number of esters is 2. The molecule has 2 aromatic rings. The predicted molar refractivity (Wildman–Crippen MR) is 154 cm³/mol. The fourth-order valence-corrected chi connectivity index (χ4v) is 4.38. The molecule has 0 saturated carbocycles. The second kappa shape index (κ2) is 15.8. The summed E-state index contributed by atoms with van der Waals surface area (Å²) in [6, 6.07) is 16.0. The number of rotatable bonds is 10. The van der Waals surface area contributed by atoms with Crippen LogP contribution in [0.3, 0.4) is 0 Å². The lowest BCUT2D eigenvalue weighted by Crippen LogP contribution is -2.46. The Labute approximate surface area is 252 Å². The Bertz CT molecular complexity index is 1290. The van der Waals surface area contributed by atoms with Crippen LogP contribution in [0.4, 0.5) is 4.79 Å². The number of carbonyl (C=O) groups excluding carboxylic acids is 3. The van der Waals surface area contributed by atoms with Gasteiger partial charge in [-0.2, -0.15) is 12.7 Å². The highest BCUT2D eigenvalue weighted by atomic mass is 32.2. The molecule has 0 spiro atoms. The van der Waals surface area contributed by atoms with Gasteiger partial charge in [0.2, 0.25) is 0 Å². The van der Waals surface area contributed by atoms with E-state index in [9.17, 15) is 27.9 Å². The molecule has 43 heavy (non-hydrogen) atoms. The van der Waals surface area contributed by atoms with Gasteiger partial charge in [-0.15, -0.1) is 0 Å². The van der Waals surface area contributed by atoms with Crippen molar-refractivity contribution in [1.29, 1.82) is 0 Å². The van der Waals surface area contributed by atoms with E-state index in [1.54, 1.807) is 58.9 Å². The zero-order valence-corrected chi connectivity index (χ0v) is 25.7. The first-order chi connectivity index (χ1) is 20.0. The molecule has 1 heterocycles. The number of amides is 1. The lowest BCUT2D eigenvalue weighted by atomic mass is 10.2. The zero-order valence-electron chi connectivity index (χ0n) is 24.9. The molecule has 1 aliphatic heterocycles. The van der Waals surface area contributed by atoms with E-state index in [4.69, 9.17) is 24.7 Å². The van der Waals surface area contributed by atoms with Crippen molar-refractivity contribution in [2.75, 3.05) is 19.8 Å². The summed E-state index contributed by atoms with van der Waals surface area (Å²) in [6.07, 6.45) is -1.18. The molecule has 238 valence electrons. The number of carbonyl (C=O) groups is 3. The summed E-state index contributed by atoms with van der Waals surface area (Å²) in [7, 11) is -4.38. The zero-order chi connectivity index (χ0) is 32.3. The SMILES string of the molecule is CC(C)(C)OC(=O)N1[C@@H](C(=O)OCc2ccccc2)COS1(=O)=O.CC(C)(O)COC[C@@H](N)C(=O)OCc1ccccc1. The summed E-state index contributed by atoms with van der Waals surface area (Å²) in [5.74, 6) is -1.40. The monoisotopic (exact) mass is 624 g/mol. The van der Waals surface area contributed by atoms with Crippen LogP contribution in [0.2, 0.25) is 0 Å². The molecule has 1 saturated heterocycles. The third kappa shape index (κ3) is 13.1. The van der Waals surface area contributed by atoms with E-state index in [-0.39, 0.29) is 30.7 Å². The Morgan fingerprint density at radius 1 is 0.953 bits per heavy atom. The Hall–Kier alpha value is -3.56. The Balaban J connectivity index is 0.000000309. The minimum atomic E-state index is -4.38. The summed E-state index contributed by atoms with van der Waals surface area (Å²) in [5.41, 5.74) is 5.41. The van der Waals surface area contributed by atoms with E-state index in [2.05, 4.69) is 4.18 Å². The van der Waals surface area contributed by atoms with Gasteiger partial charge in [0.05, 0.1) is 18.8 Å². The van der Waals surface area contributed by atoms with Gasteiger partial charge in [-0.25, -0.2) is 9.59 Å². The van der Waals surface area contributed by atoms with Gasteiger partial charge in [-0.1, -0.05) is 60.7 Å². The number of hydrogen-bond acceptors (Lipinski definition) is 12. The van der Waals surface area contributed by atoms with Gasteiger partial charge >= 0.3 is 28.3 Å². The van der Waals surface area contributed by atoms with Crippen molar-refractivity contribution in [3.8, 4) is 0 Å². The molecule has 0 bridgehead atoms. The smallest absolute Gasteiger partial charge is 0.426 e. The number of nitrogens with two attached hydrogens (primary N) is 1. The summed E-state index contributed by atoms with van der Waals surface area (Å²) >= 11 is 0. The van der Waals surface area contributed by atoms with Crippen molar-refractivity contribution in [2.24, 2.45) is 5.73 Å². The van der Waals surface area contributed by atoms with E-state index in [1.165, 1.54) is 0 Å². The van der Waals surface area contributed by atoms with E-state index in [1.807, 2.05) is 36.4 Å². The molecule has 0 radical (unpaired) electrons. The first-order valence-electron chi connectivity index (χ1n) is 13.4. The predicted octanol–water partition coefficient (Wildman–Crippen LogP) is 2.46. The Kier molecular flexibility index (Phi) is 13.1. The third-order valence-electron chi connectivity index (χ3n) is 5.25. The topological polar surface area (TPSA) is 181 Å². The van der Waals surface area contributed by atoms with Gasteiger partial charge in [0.15, 0.2) is 6.04 Å². The molecule has 13 nitrogen and oxygen atoms in total. The van der Waals surface area contributed by atoms with Crippen molar-refractivity contribution in [3.63, 3.8) is 0 Å². The molecule has 0 aliphatic carbocycles. The molecule has 1 fully saturated rings. The standard InChI is InChI=1S/C15H19NO7S.C14H21NO4/c1-15(2,3)23-14(18)16-12(10-22-24(16,19)20)13(17)21-9-11-7-5-4-6-8-11;1-14(2,17)10-18-9-12(15)13(16)19-8-11-6-4-3-5-7-11/h4-8,12H,9-10H2,1-3H3;3-7,12,17H,8-10,15H2,1-2H3/t2*12-/m11/s1. The van der Waals surface area contributed by atoms with Crippen LogP contribution < -0.4 is 5.73 Å². The van der Waals surface area contributed by atoms with Gasteiger partial charge in [-0.05, 0) is 45.7 Å². The summed E-state index contributed by atoms with van der Waals surface area (Å²) in [6.45, 7) is 7.76. The molecule has 2 atom stereocenters. The minimum Gasteiger partial charge on any atom is -0.460 e. The van der Waals surface area contributed by atoms with Crippen LogP contribution in [0.25, 0.3) is 0 Å². The van der Waals surface area contributed by atoms with Crippen molar-refractivity contribution < 1.29 is 51.0 Å². The van der Waals surface area contributed by atoms with Crippen LogP contribution in [0, 0.1) is 0 Å². The largest absolute Gasteiger partial charge is 0.460 e. The summed E-state index contributed by atoms with van der Waals surface area (Å²) < 4.78 is 48.9. The molecule has 0 unspecified atom stereocenters. The number of benzene rings is 2. The highest BCUT2D eigenvalue weighted by molar-refractivity contribution is 7.85. The van der Waals surface area contributed by atoms with Gasteiger partial charge in [0.25, 0.3) is 0 Å². The van der Waals surface area contributed by atoms with Crippen molar-refractivity contribution >= 4 is 28.3 Å². The van der Waals surface area contributed by atoms with E-state index in [0.717, 1.165) is 11.1 Å². The fourth-order valence-electron chi connectivity index (χ4n) is 3.28. The molecule has 0 aromatic heterocycles. The molecule has 14 heteroatoms. The fraction of sp³-hybridized carbons (Fsp3) is 0.483. The maximum Gasteiger partial charge on any atom is 0.426 e. The van der Waals surface area contributed by atoms with Crippen molar-refractivity contribution in [3.05, 3.63) is 71.8 Å². The van der Waals surface area contributed by atoms with Crippen LogP contribution >= 0.6 is 0 Å². The van der Waals surface area contributed by atoms with Crippen molar-refractivity contribution in [1.82, 2.24) is 4.31 Å². The van der Waals surface area contributed by atoms with Crippen molar-refractivity contribution in [2.45, 2.75) is 71.1 Å². The minimum absolute atomic E-state index is 0.0254. The van der Waals surface area contributed by atoms with E-state index >= 15 is 0 Å². The van der Waals surface area contributed by atoms with Crippen LogP contribution in [-0.4, -0.2) is 79.0 Å². The molecule has 2 aromatic carbocycles. The molecule has 3 N–H and O–H groups in total. The highest BCUT2D eigenvalue weighted by Gasteiger charge is 2.49. The summed E-state index contributed by atoms with van der Waals surface area (Å²) in [4.78, 5) is 35.9. The molecule has 1 amide bonds. The number of hydrogen-bond donors (Lipinski definition) is 2. The molecular formula is C29H40N2O11S. The van der Waals surface area contributed by atoms with Crippen LogP contribution in [0.5, 0.6) is 0 Å². The lowest BCUT2D eigenvalue weighted by molar-refractivity contribution is -0.149. The number of aliphatic hydroxyl groups is 1. The van der Waals surface area contributed by atoms with E-state index in [0.29, 0.717) is 0 Å². The van der Waals surface area contributed by atoms with Crippen LogP contribution in [-0.2, 0) is 56.2 Å². The second-order valence-electron chi connectivity index (χ2n) is 11.2. The van der Waals surface area contributed by atoms with Crippen LogP contribution in [0.15, 0.2) is 60.7 Å². The van der Waals surface area contributed by atoms with Gasteiger partial charge < -0.3 is 29.8 Å². The third-order valence-corrected chi connectivity index (χ3v) is 6.57. The Morgan fingerprint density at radius 3 is 1.95 bits per heavy atom. The molecular weight excluding hydrogens is 584 g/mol. The number of nitrogens with zero attached hydrogens (tertiary/aromatic N) is 1. The first kappa shape index (κ1) is 35.6. The second-order valence-corrected chi connectivity index (χ2v) is 12.6.